The molecule has 0 aliphatic carbocycles. The lowest BCUT2D eigenvalue weighted by molar-refractivity contribution is -0.385. The van der Waals surface area contributed by atoms with Gasteiger partial charge >= 0.3 is 0 Å². The van der Waals surface area contributed by atoms with E-state index in [-0.39, 0.29) is 28.0 Å². The third-order valence-corrected chi connectivity index (χ3v) is 3.19. The summed E-state index contributed by atoms with van der Waals surface area (Å²) in [6.45, 7) is 3.33. The van der Waals surface area contributed by atoms with E-state index in [0.29, 0.717) is 12.0 Å². The largest absolute Gasteiger partial charge is 0.435 e. The van der Waals surface area contributed by atoms with Crippen LogP contribution < -0.4 is 4.74 Å². The molecule has 0 unspecified atom stereocenters. The summed E-state index contributed by atoms with van der Waals surface area (Å²) in [6, 6.07) is 2.07. The number of ether oxygens (including phenoxy) is 1. The number of nitro groups is 1. The summed E-state index contributed by atoms with van der Waals surface area (Å²) in [7, 11) is 0. The minimum Gasteiger partial charge on any atom is -0.435 e. The molecule has 8 heteroatoms. The molecule has 21 heavy (non-hydrogen) atoms. The molecule has 2 rings (SSSR count). The van der Waals surface area contributed by atoms with Crippen LogP contribution in [0, 0.1) is 22.9 Å². The first-order valence-corrected chi connectivity index (χ1v) is 6.43. The lowest BCUT2D eigenvalue weighted by Gasteiger charge is -2.10. The topological polar surface area (TPSA) is 78.2 Å². The Labute approximate surface area is 124 Å². The van der Waals surface area contributed by atoms with Crippen molar-refractivity contribution in [2.45, 2.75) is 20.3 Å². The molecular weight excluding hydrogens is 301 g/mol. The molecule has 0 saturated carbocycles. The number of rotatable bonds is 4. The number of nitrogens with zero attached hydrogens (tertiary/aromatic N) is 3. The molecule has 1 aromatic heterocycles. The Kier molecular flexibility index (Phi) is 4.32. The monoisotopic (exact) mass is 311 g/mol. The molecule has 0 radical (unpaired) electrons. The Morgan fingerprint density at radius 1 is 1.43 bits per heavy atom. The molecule has 0 spiro atoms. The van der Waals surface area contributed by atoms with Crippen molar-refractivity contribution in [3.63, 3.8) is 0 Å². The number of benzene rings is 1. The lowest BCUT2D eigenvalue weighted by atomic mass is 10.2. The second kappa shape index (κ2) is 6.01. The Bertz CT molecular complexity index is 709. The summed E-state index contributed by atoms with van der Waals surface area (Å²) < 4.78 is 19.3. The molecule has 0 amide bonds. The standard InChI is InChI=1S/C13H11ClFN3O3/c1-3-8-12(14)16-6-17-13(8)21-11-4-7(2)10(18(19)20)5-9(11)15/h4-6H,3H2,1-2H3. The van der Waals surface area contributed by atoms with Crippen LogP contribution >= 0.6 is 11.6 Å². The van der Waals surface area contributed by atoms with Crippen LogP contribution in [0.2, 0.25) is 5.15 Å². The van der Waals surface area contributed by atoms with Crippen molar-refractivity contribution in [2.24, 2.45) is 0 Å². The highest BCUT2D eigenvalue weighted by Crippen LogP contribution is 2.32. The lowest BCUT2D eigenvalue weighted by Crippen LogP contribution is -2.00. The first-order valence-electron chi connectivity index (χ1n) is 6.05. The zero-order chi connectivity index (χ0) is 15.6. The average Bonchev–Trinajstić information content (AvgIpc) is 2.42. The van der Waals surface area contributed by atoms with E-state index in [1.165, 1.54) is 19.3 Å². The maximum atomic E-state index is 13.9. The number of aryl methyl sites for hydroxylation is 1. The highest BCUT2D eigenvalue weighted by Gasteiger charge is 2.18. The van der Waals surface area contributed by atoms with Crippen LogP contribution in [0.15, 0.2) is 18.5 Å². The van der Waals surface area contributed by atoms with Gasteiger partial charge in [-0.2, -0.15) is 0 Å². The first-order chi connectivity index (χ1) is 9.93. The van der Waals surface area contributed by atoms with E-state index in [1.54, 1.807) is 0 Å². The molecule has 0 bridgehead atoms. The van der Waals surface area contributed by atoms with Gasteiger partial charge in [0.15, 0.2) is 11.6 Å². The van der Waals surface area contributed by atoms with Crippen LogP contribution in [0.4, 0.5) is 10.1 Å². The van der Waals surface area contributed by atoms with Crippen molar-refractivity contribution in [1.29, 1.82) is 0 Å². The number of hydrogen-bond acceptors (Lipinski definition) is 5. The third kappa shape index (κ3) is 3.08. The average molecular weight is 312 g/mol. The van der Waals surface area contributed by atoms with E-state index < -0.39 is 10.7 Å². The van der Waals surface area contributed by atoms with E-state index in [2.05, 4.69) is 9.97 Å². The zero-order valence-electron chi connectivity index (χ0n) is 11.3. The van der Waals surface area contributed by atoms with Crippen molar-refractivity contribution in [3.8, 4) is 11.6 Å². The molecular formula is C13H11ClFN3O3. The van der Waals surface area contributed by atoms with Gasteiger partial charge in [0.05, 0.1) is 16.6 Å². The predicted octanol–water partition coefficient (Wildman–Crippen LogP) is 3.84. The van der Waals surface area contributed by atoms with Crippen molar-refractivity contribution in [1.82, 2.24) is 9.97 Å². The Balaban J connectivity index is 2.43. The highest BCUT2D eigenvalue weighted by atomic mass is 35.5. The van der Waals surface area contributed by atoms with E-state index in [0.717, 1.165) is 6.07 Å². The van der Waals surface area contributed by atoms with Crippen LogP contribution in [0.3, 0.4) is 0 Å². The molecule has 2 aromatic rings. The molecule has 110 valence electrons. The first kappa shape index (κ1) is 15.1. The number of hydrogen-bond donors (Lipinski definition) is 0. The maximum Gasteiger partial charge on any atom is 0.275 e. The Morgan fingerprint density at radius 3 is 2.76 bits per heavy atom. The van der Waals surface area contributed by atoms with Gasteiger partial charge in [0.1, 0.15) is 11.5 Å². The SMILES string of the molecule is CCc1c(Cl)ncnc1Oc1cc(C)c([N+](=O)[O-])cc1F. The van der Waals surface area contributed by atoms with Gasteiger partial charge < -0.3 is 4.74 Å². The fraction of sp³-hybridized carbons (Fsp3) is 0.231. The van der Waals surface area contributed by atoms with E-state index in [9.17, 15) is 14.5 Å². The van der Waals surface area contributed by atoms with Crippen molar-refractivity contribution in [2.75, 3.05) is 0 Å². The molecule has 1 heterocycles. The van der Waals surface area contributed by atoms with Gasteiger partial charge in [-0.15, -0.1) is 0 Å². The molecule has 6 nitrogen and oxygen atoms in total. The van der Waals surface area contributed by atoms with Gasteiger partial charge in [-0.1, -0.05) is 18.5 Å². The molecule has 0 aliphatic heterocycles. The Morgan fingerprint density at radius 2 is 2.14 bits per heavy atom. The fourth-order valence-corrected chi connectivity index (χ4v) is 2.04. The number of nitro benzene ring substituents is 1. The van der Waals surface area contributed by atoms with E-state index in [4.69, 9.17) is 16.3 Å². The van der Waals surface area contributed by atoms with E-state index >= 15 is 0 Å². The van der Waals surface area contributed by atoms with Crippen LogP contribution in [0.1, 0.15) is 18.1 Å². The zero-order valence-corrected chi connectivity index (χ0v) is 12.0. The smallest absolute Gasteiger partial charge is 0.275 e. The fourth-order valence-electron chi connectivity index (χ4n) is 1.78. The van der Waals surface area contributed by atoms with Gasteiger partial charge in [0.25, 0.3) is 5.69 Å². The van der Waals surface area contributed by atoms with E-state index in [1.807, 2.05) is 6.92 Å². The quantitative estimate of drug-likeness (QED) is 0.487. The molecule has 0 atom stereocenters. The predicted molar refractivity (Wildman–Crippen MR) is 74.3 cm³/mol. The van der Waals surface area contributed by atoms with Gasteiger partial charge in [-0.3, -0.25) is 10.1 Å². The summed E-state index contributed by atoms with van der Waals surface area (Å²) in [5.74, 6) is -0.865. The van der Waals surface area contributed by atoms with Crippen molar-refractivity contribution >= 4 is 17.3 Å². The second-order valence-electron chi connectivity index (χ2n) is 4.23. The molecule has 0 N–H and O–H groups in total. The van der Waals surface area contributed by atoms with Crippen molar-refractivity contribution < 1.29 is 14.1 Å². The normalized spacial score (nSPS) is 10.5. The summed E-state index contributed by atoms with van der Waals surface area (Å²) in [4.78, 5) is 17.8. The summed E-state index contributed by atoms with van der Waals surface area (Å²) in [6.07, 6.45) is 1.70. The Hall–Kier alpha value is -2.28. The van der Waals surface area contributed by atoms with Gasteiger partial charge in [0.2, 0.25) is 5.88 Å². The number of aromatic nitrogens is 2. The summed E-state index contributed by atoms with van der Waals surface area (Å²) in [5, 5.41) is 11.0. The van der Waals surface area contributed by atoms with Crippen LogP contribution in [0.5, 0.6) is 11.6 Å². The molecule has 1 aromatic carbocycles. The summed E-state index contributed by atoms with van der Waals surface area (Å²) >= 11 is 5.92. The number of halogens is 2. The molecule has 0 fully saturated rings. The minimum atomic E-state index is -0.843. The molecule has 0 saturated heterocycles. The van der Waals surface area contributed by atoms with Gasteiger partial charge in [0, 0.05) is 5.56 Å². The maximum absolute atomic E-state index is 13.9. The van der Waals surface area contributed by atoms with Gasteiger partial charge in [-0.25, -0.2) is 14.4 Å². The highest BCUT2D eigenvalue weighted by molar-refractivity contribution is 6.30. The van der Waals surface area contributed by atoms with Crippen LogP contribution in [-0.2, 0) is 6.42 Å². The second-order valence-corrected chi connectivity index (χ2v) is 4.59. The minimum absolute atomic E-state index is 0.129. The van der Waals surface area contributed by atoms with Gasteiger partial charge in [-0.05, 0) is 19.4 Å². The summed E-state index contributed by atoms with van der Waals surface area (Å²) in [5.41, 5.74) is 0.514. The third-order valence-electron chi connectivity index (χ3n) is 2.86. The van der Waals surface area contributed by atoms with Crippen LogP contribution in [-0.4, -0.2) is 14.9 Å². The van der Waals surface area contributed by atoms with Crippen molar-refractivity contribution in [3.05, 3.63) is 50.7 Å². The molecule has 0 aliphatic rings. The van der Waals surface area contributed by atoms with Crippen LogP contribution in [0.25, 0.3) is 0 Å².